The standard InChI is InChI=1S/C17H18N2O5.ClH/c1-3-9-4-11-12(6-14(9)23-2)19-16(20)7-15(11)24-10-5-13(17(21)22)18-8-10;/h3-4,6-7,10,13,18H,1,5,8H2,2H3,(H,19,20)(H,21,22);1H/t10-,13+;/m1./s1. The summed E-state index contributed by atoms with van der Waals surface area (Å²) >= 11 is 0. The average Bonchev–Trinajstić information content (AvgIpc) is 3.02. The number of aromatic amines is 1. The van der Waals surface area contributed by atoms with Crippen LogP contribution in [-0.2, 0) is 4.79 Å². The van der Waals surface area contributed by atoms with Crippen molar-refractivity contribution in [1.29, 1.82) is 0 Å². The molecule has 2 atom stereocenters. The molecule has 25 heavy (non-hydrogen) atoms. The lowest BCUT2D eigenvalue weighted by Gasteiger charge is -2.15. The number of fused-ring (bicyclic) bond motifs is 1. The second-order valence-corrected chi connectivity index (χ2v) is 5.62. The molecule has 0 amide bonds. The molecule has 7 nitrogen and oxygen atoms in total. The molecule has 2 aromatic rings. The molecule has 1 aromatic heterocycles. The van der Waals surface area contributed by atoms with Gasteiger partial charge in [0.05, 0.1) is 12.6 Å². The zero-order valence-electron chi connectivity index (χ0n) is 13.6. The molecule has 0 unspecified atom stereocenters. The minimum atomic E-state index is -0.907. The number of carboxylic acids is 1. The van der Waals surface area contributed by atoms with E-state index in [9.17, 15) is 9.59 Å². The lowest BCUT2D eigenvalue weighted by molar-refractivity contribution is -0.139. The summed E-state index contributed by atoms with van der Waals surface area (Å²) < 4.78 is 11.2. The molecule has 0 radical (unpaired) electrons. The molecule has 0 bridgehead atoms. The summed E-state index contributed by atoms with van der Waals surface area (Å²) in [6.07, 6.45) is 1.68. The number of halogens is 1. The average molecular weight is 367 g/mol. The third-order valence-electron chi connectivity index (χ3n) is 4.06. The molecule has 2 heterocycles. The Balaban J connectivity index is 0.00000225. The van der Waals surface area contributed by atoms with Gasteiger partial charge < -0.3 is 24.9 Å². The van der Waals surface area contributed by atoms with Crippen LogP contribution < -0.4 is 20.3 Å². The molecule has 1 aliphatic rings. The number of carboxylic acid groups (broad SMARTS) is 1. The van der Waals surface area contributed by atoms with Gasteiger partial charge in [-0.2, -0.15) is 0 Å². The fraction of sp³-hybridized carbons (Fsp3) is 0.294. The number of aliphatic carboxylic acids is 1. The van der Waals surface area contributed by atoms with E-state index in [-0.39, 0.29) is 24.1 Å². The van der Waals surface area contributed by atoms with E-state index in [0.717, 1.165) is 5.56 Å². The smallest absolute Gasteiger partial charge is 0.320 e. The molecule has 0 aliphatic carbocycles. The first-order valence-electron chi connectivity index (χ1n) is 7.52. The van der Waals surface area contributed by atoms with Crippen LogP contribution >= 0.6 is 12.4 Å². The molecule has 1 fully saturated rings. The molecule has 3 rings (SSSR count). The highest BCUT2D eigenvalue weighted by Crippen LogP contribution is 2.31. The molecule has 0 spiro atoms. The maximum absolute atomic E-state index is 11.9. The minimum Gasteiger partial charge on any atom is -0.496 e. The maximum Gasteiger partial charge on any atom is 0.320 e. The van der Waals surface area contributed by atoms with Crippen LogP contribution in [-0.4, -0.2) is 41.9 Å². The monoisotopic (exact) mass is 366 g/mol. The topological polar surface area (TPSA) is 101 Å². The highest BCUT2D eigenvalue weighted by Gasteiger charge is 2.30. The van der Waals surface area contributed by atoms with Crippen molar-refractivity contribution >= 4 is 35.4 Å². The number of pyridine rings is 1. The van der Waals surface area contributed by atoms with Gasteiger partial charge in [0.2, 0.25) is 0 Å². The highest BCUT2D eigenvalue weighted by molar-refractivity contribution is 5.89. The number of hydrogen-bond acceptors (Lipinski definition) is 5. The lowest BCUT2D eigenvalue weighted by atomic mass is 10.1. The summed E-state index contributed by atoms with van der Waals surface area (Å²) in [6, 6.07) is 4.28. The molecular formula is C17H19ClN2O5. The van der Waals surface area contributed by atoms with Crippen molar-refractivity contribution in [3.63, 3.8) is 0 Å². The summed E-state index contributed by atoms with van der Waals surface area (Å²) in [5.74, 6) is 0.103. The van der Waals surface area contributed by atoms with Crippen LogP contribution in [0.15, 0.2) is 29.6 Å². The van der Waals surface area contributed by atoms with Crippen LogP contribution in [0.1, 0.15) is 12.0 Å². The van der Waals surface area contributed by atoms with Crippen molar-refractivity contribution in [2.75, 3.05) is 13.7 Å². The Hall–Kier alpha value is -2.51. The summed E-state index contributed by atoms with van der Waals surface area (Å²) in [5.41, 5.74) is 1.06. The number of ether oxygens (including phenoxy) is 2. The van der Waals surface area contributed by atoms with Gasteiger partial charge in [0, 0.05) is 36.0 Å². The van der Waals surface area contributed by atoms with E-state index in [2.05, 4.69) is 16.9 Å². The zero-order chi connectivity index (χ0) is 17.3. The van der Waals surface area contributed by atoms with Gasteiger partial charge >= 0.3 is 5.97 Å². The number of rotatable bonds is 5. The van der Waals surface area contributed by atoms with E-state index in [1.165, 1.54) is 6.07 Å². The van der Waals surface area contributed by atoms with Crippen LogP contribution in [0, 0.1) is 0 Å². The van der Waals surface area contributed by atoms with E-state index in [4.69, 9.17) is 14.6 Å². The van der Waals surface area contributed by atoms with Gasteiger partial charge in [-0.3, -0.25) is 9.59 Å². The second-order valence-electron chi connectivity index (χ2n) is 5.62. The minimum absolute atomic E-state index is 0. The lowest BCUT2D eigenvalue weighted by Crippen LogP contribution is -2.30. The molecule has 1 aromatic carbocycles. The fourth-order valence-corrected chi connectivity index (χ4v) is 2.86. The normalized spacial score (nSPS) is 19.2. The van der Waals surface area contributed by atoms with E-state index in [1.54, 1.807) is 19.3 Å². The molecule has 3 N–H and O–H groups in total. The van der Waals surface area contributed by atoms with Gasteiger partial charge in [0.25, 0.3) is 5.56 Å². The van der Waals surface area contributed by atoms with Gasteiger partial charge in [-0.05, 0) is 6.07 Å². The predicted octanol–water partition coefficient (Wildman–Crippen LogP) is 1.80. The Morgan fingerprint density at radius 3 is 2.72 bits per heavy atom. The van der Waals surface area contributed by atoms with E-state index in [1.807, 2.05) is 6.07 Å². The Kier molecular flexibility index (Phi) is 5.71. The summed E-state index contributed by atoms with van der Waals surface area (Å²) in [4.78, 5) is 25.7. The Bertz CT molecular complexity index is 864. The molecular weight excluding hydrogens is 348 g/mol. The van der Waals surface area contributed by atoms with Gasteiger partial charge in [-0.25, -0.2) is 0 Å². The van der Waals surface area contributed by atoms with Crippen molar-refractivity contribution in [2.45, 2.75) is 18.6 Å². The second kappa shape index (κ2) is 7.58. The number of hydrogen-bond donors (Lipinski definition) is 3. The number of nitrogens with one attached hydrogen (secondary N) is 2. The summed E-state index contributed by atoms with van der Waals surface area (Å²) in [5, 5.41) is 12.6. The number of aromatic nitrogens is 1. The maximum atomic E-state index is 11.9. The number of methoxy groups -OCH3 is 1. The molecule has 1 saturated heterocycles. The predicted molar refractivity (Wildman–Crippen MR) is 96.9 cm³/mol. The third kappa shape index (κ3) is 3.78. The Morgan fingerprint density at radius 2 is 2.12 bits per heavy atom. The number of carbonyl (C=O) groups is 1. The van der Waals surface area contributed by atoms with E-state index >= 15 is 0 Å². The van der Waals surface area contributed by atoms with Crippen LogP contribution in [0.25, 0.3) is 17.0 Å². The van der Waals surface area contributed by atoms with Gasteiger partial charge in [0.1, 0.15) is 23.6 Å². The van der Waals surface area contributed by atoms with Crippen molar-refractivity contribution in [3.8, 4) is 11.5 Å². The van der Waals surface area contributed by atoms with Gasteiger partial charge in [-0.1, -0.05) is 12.7 Å². The first kappa shape index (κ1) is 18.8. The SMILES string of the molecule is C=Cc1cc2c(O[C@H]3CN[C@H](C(=O)O)C3)cc(=O)[nH]c2cc1OC.Cl. The zero-order valence-corrected chi connectivity index (χ0v) is 14.4. The quantitative estimate of drug-likeness (QED) is 0.746. The fourth-order valence-electron chi connectivity index (χ4n) is 2.86. The van der Waals surface area contributed by atoms with Crippen molar-refractivity contribution in [1.82, 2.24) is 10.3 Å². The van der Waals surface area contributed by atoms with E-state index < -0.39 is 12.0 Å². The van der Waals surface area contributed by atoms with Crippen LogP contribution in [0.4, 0.5) is 0 Å². The van der Waals surface area contributed by atoms with Crippen molar-refractivity contribution < 1.29 is 19.4 Å². The molecule has 1 aliphatic heterocycles. The van der Waals surface area contributed by atoms with Crippen LogP contribution in [0.2, 0.25) is 0 Å². The van der Waals surface area contributed by atoms with Crippen molar-refractivity contribution in [3.05, 3.63) is 40.7 Å². The molecule has 0 saturated carbocycles. The number of benzene rings is 1. The van der Waals surface area contributed by atoms with Crippen LogP contribution in [0.3, 0.4) is 0 Å². The van der Waals surface area contributed by atoms with Crippen LogP contribution in [0.5, 0.6) is 11.5 Å². The molecule has 8 heteroatoms. The Morgan fingerprint density at radius 1 is 1.36 bits per heavy atom. The van der Waals surface area contributed by atoms with Gasteiger partial charge in [-0.15, -0.1) is 12.4 Å². The largest absolute Gasteiger partial charge is 0.496 e. The highest BCUT2D eigenvalue weighted by atomic mass is 35.5. The van der Waals surface area contributed by atoms with Gasteiger partial charge in [0.15, 0.2) is 0 Å². The Labute approximate surface area is 150 Å². The first-order chi connectivity index (χ1) is 11.5. The summed E-state index contributed by atoms with van der Waals surface area (Å²) in [7, 11) is 1.54. The van der Waals surface area contributed by atoms with Crippen molar-refractivity contribution in [2.24, 2.45) is 0 Å². The third-order valence-corrected chi connectivity index (χ3v) is 4.06. The first-order valence-corrected chi connectivity index (χ1v) is 7.52. The number of H-pyrrole nitrogens is 1. The summed E-state index contributed by atoms with van der Waals surface area (Å²) in [6.45, 7) is 4.17. The molecule has 134 valence electrons. The van der Waals surface area contributed by atoms with E-state index in [0.29, 0.717) is 35.4 Å².